The number of hydrogen-bond acceptors (Lipinski definition) is 11. The van der Waals surface area contributed by atoms with Crippen LogP contribution in [0.2, 0.25) is 0 Å². The summed E-state index contributed by atoms with van der Waals surface area (Å²) in [6, 6.07) is -0.208. The van der Waals surface area contributed by atoms with Gasteiger partial charge in [0.25, 0.3) is 0 Å². The first kappa shape index (κ1) is 86.6. The van der Waals surface area contributed by atoms with Gasteiger partial charge in [0, 0.05) is 31.3 Å². The molecule has 15 heteroatoms. The molecule has 0 spiro atoms. The zero-order valence-corrected chi connectivity index (χ0v) is 56.6. The van der Waals surface area contributed by atoms with Gasteiger partial charge >= 0.3 is 36.1 Å². The smallest absolute Gasteiger partial charge is 0.407 e. The molecule has 0 aromatic heterocycles. The summed E-state index contributed by atoms with van der Waals surface area (Å²) in [6.45, 7) is 19.4. The Bertz CT molecular complexity index is 1370. The van der Waals surface area contributed by atoms with Crippen molar-refractivity contribution in [2.24, 2.45) is 0 Å². The van der Waals surface area contributed by atoms with Crippen LogP contribution in [0, 0.1) is 0 Å². The molecular formula is C72H136N4O11. The number of rotatable bonds is 63. The molecule has 87 heavy (non-hydrogen) atoms. The first-order valence-electron chi connectivity index (χ1n) is 35.8. The van der Waals surface area contributed by atoms with Gasteiger partial charge in [0.2, 0.25) is 0 Å². The van der Waals surface area contributed by atoms with Crippen LogP contribution < -0.4 is 21.3 Å². The second-order valence-corrected chi connectivity index (χ2v) is 23.3. The van der Waals surface area contributed by atoms with Crippen molar-refractivity contribution in [3.63, 3.8) is 0 Å². The van der Waals surface area contributed by atoms with Crippen molar-refractivity contribution >= 4 is 36.1 Å². The van der Waals surface area contributed by atoms with E-state index in [1.807, 2.05) is 0 Å². The number of esters is 3. The van der Waals surface area contributed by atoms with Gasteiger partial charge in [0.15, 0.2) is 0 Å². The van der Waals surface area contributed by atoms with Crippen molar-refractivity contribution in [1.82, 2.24) is 21.3 Å². The molecule has 4 N–H and O–H groups in total. The Morgan fingerprint density at radius 3 is 0.747 bits per heavy atom. The van der Waals surface area contributed by atoms with Crippen molar-refractivity contribution < 1.29 is 52.5 Å². The number of ether oxygens (including phenoxy) is 5. The summed E-state index contributed by atoms with van der Waals surface area (Å²) in [6.07, 6.45) is 66.4. The van der Waals surface area contributed by atoms with Gasteiger partial charge in [-0.2, -0.15) is 0 Å². The van der Waals surface area contributed by atoms with E-state index in [2.05, 4.69) is 61.8 Å². The van der Waals surface area contributed by atoms with Crippen molar-refractivity contribution in [1.29, 1.82) is 0 Å². The zero-order valence-electron chi connectivity index (χ0n) is 56.6. The van der Waals surface area contributed by atoms with Gasteiger partial charge in [0.1, 0.15) is 26.4 Å². The Labute approximate surface area is 533 Å². The fraction of sp³-hybridized carbons (Fsp3) is 0.833. The van der Waals surface area contributed by atoms with Gasteiger partial charge in [0.05, 0.1) is 19.7 Å². The predicted molar refractivity (Wildman–Crippen MR) is 362 cm³/mol. The molecule has 0 aromatic carbocycles. The largest absolute Gasteiger partial charge is 0.461 e. The number of urea groups is 1. The zero-order chi connectivity index (χ0) is 64.3. The fourth-order valence-corrected chi connectivity index (χ4v) is 9.79. The molecule has 15 nitrogen and oxygen atoms in total. The van der Waals surface area contributed by atoms with Crippen molar-refractivity contribution in [3.05, 3.63) is 38.0 Å². The van der Waals surface area contributed by atoms with Gasteiger partial charge in [-0.05, 0) is 19.3 Å². The summed E-state index contributed by atoms with van der Waals surface area (Å²) in [5.41, 5.74) is 0. The average molecular weight is 1230 g/mol. The van der Waals surface area contributed by atoms with Crippen LogP contribution in [0.25, 0.3) is 0 Å². The van der Waals surface area contributed by atoms with Gasteiger partial charge in [-0.15, -0.1) is 0 Å². The van der Waals surface area contributed by atoms with E-state index in [0.29, 0.717) is 26.2 Å². The maximum absolute atomic E-state index is 11.5. The summed E-state index contributed by atoms with van der Waals surface area (Å²) < 4.78 is 24.2. The molecule has 510 valence electrons. The molecule has 0 unspecified atom stereocenters. The monoisotopic (exact) mass is 1230 g/mol. The number of alkyl carbamates (subject to hydrolysis) is 2. The first-order valence-corrected chi connectivity index (χ1v) is 35.8. The van der Waals surface area contributed by atoms with Gasteiger partial charge in [-0.3, -0.25) is 0 Å². The lowest BCUT2D eigenvalue weighted by molar-refractivity contribution is -0.139. The van der Waals surface area contributed by atoms with Gasteiger partial charge in [-0.25, -0.2) is 28.8 Å². The Balaban J connectivity index is -0.00000122. The second-order valence-electron chi connectivity index (χ2n) is 23.3. The van der Waals surface area contributed by atoms with E-state index in [-0.39, 0.29) is 39.0 Å². The average Bonchev–Trinajstić information content (AvgIpc) is 3.52. The molecule has 0 aromatic rings. The molecule has 0 saturated heterocycles. The lowest BCUT2D eigenvalue weighted by Gasteiger charge is -2.07. The van der Waals surface area contributed by atoms with E-state index in [9.17, 15) is 28.8 Å². The van der Waals surface area contributed by atoms with Crippen LogP contribution in [0.1, 0.15) is 329 Å². The third-order valence-corrected chi connectivity index (χ3v) is 15.2. The summed E-state index contributed by atoms with van der Waals surface area (Å²) in [7, 11) is 0. The van der Waals surface area contributed by atoms with Crippen LogP contribution in [0.15, 0.2) is 38.0 Å². The molecule has 0 aliphatic rings. The fourth-order valence-electron chi connectivity index (χ4n) is 9.79. The second kappa shape index (κ2) is 77.5. The van der Waals surface area contributed by atoms with Crippen molar-refractivity contribution in [3.8, 4) is 0 Å². The molecule has 0 aliphatic heterocycles. The van der Waals surface area contributed by atoms with E-state index in [1.54, 1.807) is 0 Å². The lowest BCUT2D eigenvalue weighted by atomic mass is 10.0. The van der Waals surface area contributed by atoms with Crippen LogP contribution in [0.5, 0.6) is 0 Å². The van der Waals surface area contributed by atoms with Crippen molar-refractivity contribution in [2.75, 3.05) is 59.2 Å². The SMILES string of the molecule is C=CC(=O)OCCNC(=O)NCCCCCCCCCCCCCCCCCC.C=CC(=O)OCCNC(=O)OCCCCCCCCCCCCCCCCCC.C=CC(=O)OCCOC(=O)NCCCCCCCCCCCCCCCCCC. The van der Waals surface area contributed by atoms with Gasteiger partial charge in [-0.1, -0.05) is 329 Å². The third-order valence-electron chi connectivity index (χ3n) is 15.2. The molecular weight excluding hydrogens is 1100 g/mol. The highest BCUT2D eigenvalue weighted by Crippen LogP contribution is 2.17. The molecule has 0 atom stereocenters. The number of carbonyl (C=O) groups excluding carboxylic acids is 6. The number of hydrogen-bond donors (Lipinski definition) is 4. The minimum Gasteiger partial charge on any atom is -0.461 e. The standard InChI is InChI=1S/C24H46N2O3.2C24H45NO4/c1-3-5-6-7-8-9-10-11-12-13-14-15-16-17-18-19-20-25-24(28)26-21-22-29-23(27)4-2;1-3-5-6-7-8-9-10-11-12-13-14-15-16-17-18-19-21-29-24(27)25-20-22-28-23(26)4-2;1-3-5-6-7-8-9-10-11-12-13-14-15-16-17-18-19-20-25-24(27)29-22-21-28-23(26)4-2/h4H,2-3,5-22H2,1H3,(H2,25,26,28);2*4H,2-3,5-22H2,1H3,(H,25,27). The van der Waals surface area contributed by atoms with Gasteiger partial charge < -0.3 is 45.0 Å². The van der Waals surface area contributed by atoms with E-state index in [4.69, 9.17) is 23.7 Å². The highest BCUT2D eigenvalue weighted by atomic mass is 16.6. The molecule has 0 bridgehead atoms. The summed E-state index contributed by atoms with van der Waals surface area (Å²) in [5.74, 6) is -1.48. The minimum absolute atomic E-state index is 0.0529. The van der Waals surface area contributed by atoms with Crippen LogP contribution in [0.3, 0.4) is 0 Å². The summed E-state index contributed by atoms with van der Waals surface area (Å²) in [4.78, 5) is 66.8. The lowest BCUT2D eigenvalue weighted by Crippen LogP contribution is -2.37. The molecule has 4 amide bonds. The number of amides is 4. The summed E-state index contributed by atoms with van der Waals surface area (Å²) >= 11 is 0. The molecule has 0 rings (SSSR count). The van der Waals surface area contributed by atoms with Crippen LogP contribution in [-0.4, -0.2) is 95.3 Å². The van der Waals surface area contributed by atoms with E-state index < -0.39 is 30.1 Å². The molecule has 0 heterocycles. The number of unbranched alkanes of at least 4 members (excludes halogenated alkanes) is 45. The molecule has 0 radical (unpaired) electrons. The van der Waals surface area contributed by atoms with E-state index >= 15 is 0 Å². The van der Waals surface area contributed by atoms with E-state index in [1.165, 1.54) is 270 Å². The van der Waals surface area contributed by atoms with Crippen LogP contribution >= 0.6 is 0 Å². The molecule has 0 fully saturated rings. The normalized spacial score (nSPS) is 10.5. The Kier molecular flexibility index (Phi) is 77.2. The third kappa shape index (κ3) is 81.4. The minimum atomic E-state index is -0.512. The highest BCUT2D eigenvalue weighted by molar-refractivity contribution is 5.82. The topological polar surface area (TPSA) is 197 Å². The summed E-state index contributed by atoms with van der Waals surface area (Å²) in [5, 5.41) is 10.7. The van der Waals surface area contributed by atoms with Crippen molar-refractivity contribution in [2.45, 2.75) is 329 Å². The molecule has 0 aliphatic carbocycles. The van der Waals surface area contributed by atoms with Crippen LogP contribution in [-0.2, 0) is 38.1 Å². The quantitative estimate of drug-likeness (QED) is 0.0196. The number of nitrogens with one attached hydrogen (secondary N) is 4. The first-order chi connectivity index (χ1) is 42.6. The number of carbonyl (C=O) groups is 6. The maximum Gasteiger partial charge on any atom is 0.407 e. The Morgan fingerprint density at radius 2 is 0.448 bits per heavy atom. The van der Waals surface area contributed by atoms with Crippen LogP contribution in [0.4, 0.5) is 14.4 Å². The Hall–Kier alpha value is -4.56. The maximum atomic E-state index is 11.5. The predicted octanol–water partition coefficient (Wildman–Crippen LogP) is 19.7. The Morgan fingerprint density at radius 1 is 0.241 bits per heavy atom. The highest BCUT2D eigenvalue weighted by Gasteiger charge is 2.06. The molecule has 0 saturated carbocycles. The van der Waals surface area contributed by atoms with E-state index in [0.717, 1.165) is 56.8 Å².